The third-order valence-electron chi connectivity index (χ3n) is 6.38. The molecule has 3 nitrogen and oxygen atoms in total. The lowest BCUT2D eigenvalue weighted by Gasteiger charge is -2.44. The van der Waals surface area contributed by atoms with Crippen molar-refractivity contribution < 1.29 is 4.79 Å². The van der Waals surface area contributed by atoms with Crippen LogP contribution in [-0.4, -0.2) is 5.91 Å². The van der Waals surface area contributed by atoms with Gasteiger partial charge in [0.05, 0.1) is 6.04 Å². The van der Waals surface area contributed by atoms with Crippen molar-refractivity contribution in [3.05, 3.63) is 59.7 Å². The van der Waals surface area contributed by atoms with Gasteiger partial charge in [0, 0.05) is 17.3 Å². The lowest BCUT2D eigenvalue weighted by Crippen LogP contribution is -2.33. The summed E-state index contributed by atoms with van der Waals surface area (Å²) in [5, 5.41) is 6.94. The molecule has 0 saturated heterocycles. The van der Waals surface area contributed by atoms with Crippen LogP contribution in [0.4, 0.5) is 11.4 Å². The average molecular weight is 346 g/mol. The Bertz CT molecular complexity index is 812. The molecule has 2 aromatic rings. The molecule has 134 valence electrons. The van der Waals surface area contributed by atoms with Gasteiger partial charge in [0.1, 0.15) is 0 Å². The molecule has 2 aliphatic carbocycles. The zero-order valence-electron chi connectivity index (χ0n) is 15.1. The summed E-state index contributed by atoms with van der Waals surface area (Å²) in [5.41, 5.74) is 4.99. The minimum absolute atomic E-state index is 0.191. The summed E-state index contributed by atoms with van der Waals surface area (Å²) in [6.07, 6.45) is 7.24. The molecular weight excluding hydrogens is 320 g/mol. The summed E-state index contributed by atoms with van der Waals surface area (Å²) in [5.74, 6) is 1.65. The van der Waals surface area contributed by atoms with Crippen molar-refractivity contribution in [1.82, 2.24) is 0 Å². The number of benzene rings is 2. The van der Waals surface area contributed by atoms with E-state index in [2.05, 4.69) is 59.2 Å². The van der Waals surface area contributed by atoms with Crippen molar-refractivity contribution in [3.8, 4) is 0 Å². The number of nitrogens with one attached hydrogen (secondary N) is 2. The molecule has 26 heavy (non-hydrogen) atoms. The number of rotatable bonds is 3. The molecule has 3 aliphatic rings. The van der Waals surface area contributed by atoms with Crippen molar-refractivity contribution >= 4 is 17.3 Å². The van der Waals surface area contributed by atoms with Gasteiger partial charge in [-0.05, 0) is 66.8 Å². The number of carbonyl (C=O) groups is 1. The van der Waals surface area contributed by atoms with Crippen LogP contribution in [0.2, 0.25) is 0 Å². The fourth-order valence-corrected chi connectivity index (χ4v) is 4.88. The second-order valence-electron chi connectivity index (χ2n) is 8.15. The second-order valence-corrected chi connectivity index (χ2v) is 8.15. The molecule has 3 heteroatoms. The molecule has 0 spiro atoms. The predicted molar refractivity (Wildman–Crippen MR) is 105 cm³/mol. The zero-order valence-corrected chi connectivity index (χ0v) is 15.1. The SMILES string of the molecule is O=C(Nc1ccc2c(c1)C1CCCCC1C(c1ccccc1)N2)C1CC1. The first-order chi connectivity index (χ1) is 12.8. The van der Waals surface area contributed by atoms with E-state index in [4.69, 9.17) is 0 Å². The highest BCUT2D eigenvalue weighted by Crippen LogP contribution is 2.51. The maximum atomic E-state index is 12.1. The van der Waals surface area contributed by atoms with Crippen molar-refractivity contribution in [2.45, 2.75) is 50.5 Å². The van der Waals surface area contributed by atoms with Gasteiger partial charge in [-0.3, -0.25) is 4.79 Å². The average Bonchev–Trinajstić information content (AvgIpc) is 3.53. The summed E-state index contributed by atoms with van der Waals surface area (Å²) in [6, 6.07) is 17.7. The van der Waals surface area contributed by atoms with Gasteiger partial charge >= 0.3 is 0 Å². The molecule has 2 saturated carbocycles. The molecule has 0 aromatic heterocycles. The van der Waals surface area contributed by atoms with Crippen molar-refractivity contribution in [1.29, 1.82) is 0 Å². The Morgan fingerprint density at radius 3 is 2.58 bits per heavy atom. The maximum absolute atomic E-state index is 12.1. The molecule has 1 heterocycles. The van der Waals surface area contributed by atoms with Crippen LogP contribution in [0.3, 0.4) is 0 Å². The Morgan fingerprint density at radius 1 is 0.962 bits per heavy atom. The molecule has 2 aromatic carbocycles. The molecule has 2 fully saturated rings. The van der Waals surface area contributed by atoms with E-state index in [0.29, 0.717) is 17.9 Å². The van der Waals surface area contributed by atoms with Gasteiger partial charge in [-0.25, -0.2) is 0 Å². The Morgan fingerprint density at radius 2 is 1.77 bits per heavy atom. The van der Waals surface area contributed by atoms with E-state index in [1.807, 2.05) is 0 Å². The van der Waals surface area contributed by atoms with Crippen LogP contribution in [-0.2, 0) is 4.79 Å². The third kappa shape index (κ3) is 2.90. The minimum atomic E-state index is 0.191. The first-order valence-corrected chi connectivity index (χ1v) is 10.1. The number of hydrogen-bond acceptors (Lipinski definition) is 2. The zero-order chi connectivity index (χ0) is 17.5. The van der Waals surface area contributed by atoms with E-state index in [9.17, 15) is 4.79 Å². The van der Waals surface area contributed by atoms with Crippen molar-refractivity contribution in [2.24, 2.45) is 11.8 Å². The van der Waals surface area contributed by atoms with Crippen LogP contribution < -0.4 is 10.6 Å². The topological polar surface area (TPSA) is 41.1 Å². The first kappa shape index (κ1) is 15.9. The summed E-state index contributed by atoms with van der Waals surface area (Å²) in [6.45, 7) is 0. The summed E-state index contributed by atoms with van der Waals surface area (Å²) < 4.78 is 0. The Balaban J connectivity index is 1.48. The van der Waals surface area contributed by atoms with E-state index in [1.54, 1.807) is 0 Å². The fourth-order valence-electron chi connectivity index (χ4n) is 4.88. The van der Waals surface area contributed by atoms with Gasteiger partial charge in [-0.1, -0.05) is 43.2 Å². The molecule has 3 unspecified atom stereocenters. The molecule has 0 radical (unpaired) electrons. The van der Waals surface area contributed by atoms with E-state index in [1.165, 1.54) is 42.5 Å². The standard InChI is InChI=1S/C23H26N2O/c26-23(16-10-11-16)24-17-12-13-21-20(14-17)18-8-4-5-9-19(18)22(25-21)15-6-2-1-3-7-15/h1-3,6-7,12-14,16,18-19,22,25H,4-5,8-11H2,(H,24,26). The molecular formula is C23H26N2O. The highest BCUT2D eigenvalue weighted by atomic mass is 16.2. The van der Waals surface area contributed by atoms with E-state index in [0.717, 1.165) is 18.5 Å². The van der Waals surface area contributed by atoms with E-state index < -0.39 is 0 Å². The van der Waals surface area contributed by atoms with Crippen LogP contribution in [0.1, 0.15) is 61.6 Å². The Hall–Kier alpha value is -2.29. The normalized spacial score (nSPS) is 27.0. The van der Waals surface area contributed by atoms with Crippen LogP contribution in [0.25, 0.3) is 0 Å². The molecule has 0 bridgehead atoms. The smallest absolute Gasteiger partial charge is 0.227 e. The highest BCUT2D eigenvalue weighted by Gasteiger charge is 2.39. The predicted octanol–water partition coefficient (Wildman–Crippen LogP) is 5.48. The molecule has 1 aliphatic heterocycles. The molecule has 1 amide bonds. The summed E-state index contributed by atoms with van der Waals surface area (Å²) in [7, 11) is 0. The van der Waals surface area contributed by atoms with Crippen molar-refractivity contribution in [2.75, 3.05) is 10.6 Å². The lowest BCUT2D eigenvalue weighted by molar-refractivity contribution is -0.117. The number of hydrogen-bond donors (Lipinski definition) is 2. The number of fused-ring (bicyclic) bond motifs is 3. The quantitative estimate of drug-likeness (QED) is 0.773. The van der Waals surface area contributed by atoms with Gasteiger partial charge in [0.2, 0.25) is 5.91 Å². The molecule has 5 rings (SSSR count). The van der Waals surface area contributed by atoms with Crippen LogP contribution in [0.5, 0.6) is 0 Å². The van der Waals surface area contributed by atoms with Gasteiger partial charge in [0.25, 0.3) is 0 Å². The van der Waals surface area contributed by atoms with Crippen LogP contribution >= 0.6 is 0 Å². The van der Waals surface area contributed by atoms with Crippen LogP contribution in [0.15, 0.2) is 48.5 Å². The fraction of sp³-hybridized carbons (Fsp3) is 0.435. The summed E-state index contributed by atoms with van der Waals surface area (Å²) >= 11 is 0. The summed E-state index contributed by atoms with van der Waals surface area (Å²) in [4.78, 5) is 12.1. The second kappa shape index (κ2) is 6.46. The monoisotopic (exact) mass is 346 g/mol. The van der Waals surface area contributed by atoms with E-state index >= 15 is 0 Å². The molecule has 2 N–H and O–H groups in total. The van der Waals surface area contributed by atoms with Gasteiger partial charge in [0.15, 0.2) is 0 Å². The van der Waals surface area contributed by atoms with E-state index in [-0.39, 0.29) is 11.8 Å². The number of carbonyl (C=O) groups excluding carboxylic acids is 1. The Labute approximate surface area is 155 Å². The minimum Gasteiger partial charge on any atom is -0.378 e. The maximum Gasteiger partial charge on any atom is 0.227 e. The number of anilines is 2. The highest BCUT2D eigenvalue weighted by molar-refractivity contribution is 5.94. The van der Waals surface area contributed by atoms with Gasteiger partial charge in [-0.2, -0.15) is 0 Å². The lowest BCUT2D eigenvalue weighted by atomic mass is 9.68. The van der Waals surface area contributed by atoms with Crippen LogP contribution in [0, 0.1) is 11.8 Å². The first-order valence-electron chi connectivity index (χ1n) is 10.1. The Kier molecular flexibility index (Phi) is 3.96. The largest absolute Gasteiger partial charge is 0.378 e. The number of amides is 1. The van der Waals surface area contributed by atoms with Gasteiger partial charge in [-0.15, -0.1) is 0 Å². The molecule has 3 atom stereocenters. The third-order valence-corrected chi connectivity index (χ3v) is 6.38. The van der Waals surface area contributed by atoms with Gasteiger partial charge < -0.3 is 10.6 Å². The van der Waals surface area contributed by atoms with Crippen molar-refractivity contribution in [3.63, 3.8) is 0 Å².